The fourth-order valence-corrected chi connectivity index (χ4v) is 3.97. The molecule has 0 radical (unpaired) electrons. The summed E-state index contributed by atoms with van der Waals surface area (Å²) in [6, 6.07) is 12.5. The van der Waals surface area contributed by atoms with E-state index in [-0.39, 0.29) is 22.8 Å². The zero-order valence-corrected chi connectivity index (χ0v) is 16.5. The van der Waals surface area contributed by atoms with Crippen molar-refractivity contribution in [1.29, 1.82) is 0 Å². The second kappa shape index (κ2) is 8.92. The van der Waals surface area contributed by atoms with Crippen LogP contribution in [0.15, 0.2) is 53.4 Å². The Labute approximate surface area is 159 Å². The first-order valence-electron chi connectivity index (χ1n) is 8.66. The van der Waals surface area contributed by atoms with Gasteiger partial charge in [-0.05, 0) is 31.2 Å². The Balaban J connectivity index is 2.03. The van der Waals surface area contributed by atoms with Crippen molar-refractivity contribution >= 4 is 21.8 Å². The van der Waals surface area contributed by atoms with Crippen LogP contribution in [0.1, 0.15) is 40.1 Å². The molecule has 144 valence electrons. The molecule has 0 aromatic heterocycles. The lowest BCUT2D eigenvalue weighted by Gasteiger charge is -2.18. The van der Waals surface area contributed by atoms with Crippen LogP contribution in [0.25, 0.3) is 0 Å². The normalized spacial score (nSPS) is 11.4. The summed E-state index contributed by atoms with van der Waals surface area (Å²) < 4.78 is 31.2. The number of hydrogen-bond acceptors (Lipinski definition) is 5. The molecule has 6 nitrogen and oxygen atoms in total. The van der Waals surface area contributed by atoms with E-state index >= 15 is 0 Å². The minimum absolute atomic E-state index is 0.110. The molecule has 27 heavy (non-hydrogen) atoms. The first kappa shape index (κ1) is 20.8. The van der Waals surface area contributed by atoms with E-state index in [9.17, 15) is 18.0 Å². The number of benzene rings is 2. The highest BCUT2D eigenvalue weighted by Crippen LogP contribution is 2.16. The second-order valence-electron chi connectivity index (χ2n) is 5.98. The monoisotopic (exact) mass is 389 g/mol. The molecule has 0 N–H and O–H groups in total. The predicted molar refractivity (Wildman–Crippen MR) is 102 cm³/mol. The first-order chi connectivity index (χ1) is 12.8. The molecule has 7 heteroatoms. The molecule has 0 bridgehead atoms. The molecule has 0 atom stereocenters. The number of hydrogen-bond donors (Lipinski definition) is 0. The van der Waals surface area contributed by atoms with Crippen LogP contribution in [-0.4, -0.2) is 44.2 Å². The zero-order chi connectivity index (χ0) is 20.0. The lowest BCUT2D eigenvalue weighted by atomic mass is 10.1. The van der Waals surface area contributed by atoms with Gasteiger partial charge in [-0.1, -0.05) is 43.7 Å². The number of Topliss-reactive ketones (excluding diaryl/α,β-unsaturated/α-hetero) is 1. The summed E-state index contributed by atoms with van der Waals surface area (Å²) in [5, 5.41) is 0. The Kier molecular flexibility index (Phi) is 6.87. The number of rotatable bonds is 8. The van der Waals surface area contributed by atoms with Crippen molar-refractivity contribution in [3.63, 3.8) is 0 Å². The standard InChI is InChI=1S/C20H23NO5S/c1-4-21(5-2)27(24,25)18-12-10-17(11-13-18)20(23)26-14-19(22)16-8-6-15(3)7-9-16/h6-13H,4-5,14H2,1-3H3. The molecule has 0 aliphatic carbocycles. The lowest BCUT2D eigenvalue weighted by Crippen LogP contribution is -2.30. The van der Waals surface area contributed by atoms with E-state index in [1.807, 2.05) is 19.1 Å². The topological polar surface area (TPSA) is 80.8 Å². The van der Waals surface area contributed by atoms with Crippen molar-refractivity contribution in [1.82, 2.24) is 4.31 Å². The Morgan fingerprint density at radius 2 is 1.41 bits per heavy atom. The predicted octanol–water partition coefficient (Wildman–Crippen LogP) is 3.07. The van der Waals surface area contributed by atoms with E-state index in [0.717, 1.165) is 5.56 Å². The maximum Gasteiger partial charge on any atom is 0.338 e. The number of aryl methyl sites for hydroxylation is 1. The minimum atomic E-state index is -3.58. The van der Waals surface area contributed by atoms with Gasteiger partial charge in [0.1, 0.15) is 0 Å². The smallest absolute Gasteiger partial charge is 0.338 e. The van der Waals surface area contributed by atoms with E-state index in [2.05, 4.69) is 0 Å². The number of ether oxygens (including phenoxy) is 1. The highest BCUT2D eigenvalue weighted by molar-refractivity contribution is 7.89. The summed E-state index contributed by atoms with van der Waals surface area (Å²) in [4.78, 5) is 24.3. The largest absolute Gasteiger partial charge is 0.454 e. The van der Waals surface area contributed by atoms with Crippen LogP contribution >= 0.6 is 0 Å². The number of sulfonamides is 1. The van der Waals surface area contributed by atoms with E-state index in [1.165, 1.54) is 28.6 Å². The molecule has 0 saturated carbocycles. The average Bonchev–Trinajstić information content (AvgIpc) is 2.67. The number of ketones is 1. The number of esters is 1. The van der Waals surface area contributed by atoms with E-state index in [0.29, 0.717) is 18.7 Å². The van der Waals surface area contributed by atoms with Gasteiger partial charge in [-0.2, -0.15) is 4.31 Å². The molecule has 0 saturated heterocycles. The molecular weight excluding hydrogens is 366 g/mol. The average molecular weight is 389 g/mol. The van der Waals surface area contributed by atoms with E-state index in [4.69, 9.17) is 4.74 Å². The molecule has 0 aliphatic rings. The molecule has 0 aliphatic heterocycles. The SMILES string of the molecule is CCN(CC)S(=O)(=O)c1ccc(C(=O)OCC(=O)c2ccc(C)cc2)cc1. The third-order valence-corrected chi connectivity index (χ3v) is 6.21. The van der Waals surface area contributed by atoms with Gasteiger partial charge in [-0.15, -0.1) is 0 Å². The molecule has 2 aromatic carbocycles. The second-order valence-corrected chi connectivity index (χ2v) is 7.92. The summed E-state index contributed by atoms with van der Waals surface area (Å²) in [7, 11) is -3.58. The van der Waals surface area contributed by atoms with Gasteiger partial charge in [0.2, 0.25) is 10.0 Å². The van der Waals surface area contributed by atoms with Gasteiger partial charge in [0.25, 0.3) is 0 Å². The Hall–Kier alpha value is -2.51. The number of carbonyl (C=O) groups excluding carboxylic acids is 2. The maximum atomic E-state index is 12.4. The zero-order valence-electron chi connectivity index (χ0n) is 15.6. The highest BCUT2D eigenvalue weighted by atomic mass is 32.2. The van der Waals surface area contributed by atoms with Crippen molar-refractivity contribution in [3.05, 3.63) is 65.2 Å². The number of nitrogens with zero attached hydrogens (tertiary/aromatic N) is 1. The van der Waals surface area contributed by atoms with Crippen molar-refractivity contribution in [2.45, 2.75) is 25.7 Å². The third kappa shape index (κ3) is 5.02. The summed E-state index contributed by atoms with van der Waals surface area (Å²) in [5.74, 6) is -0.980. The lowest BCUT2D eigenvalue weighted by molar-refractivity contribution is 0.0474. The highest BCUT2D eigenvalue weighted by Gasteiger charge is 2.22. The van der Waals surface area contributed by atoms with Crippen molar-refractivity contribution in [3.8, 4) is 0 Å². The maximum absolute atomic E-state index is 12.4. The van der Waals surface area contributed by atoms with Gasteiger partial charge < -0.3 is 4.74 Å². The quantitative estimate of drug-likeness (QED) is 0.512. The third-order valence-electron chi connectivity index (χ3n) is 4.14. The minimum Gasteiger partial charge on any atom is -0.454 e. The van der Waals surface area contributed by atoms with Gasteiger partial charge >= 0.3 is 5.97 Å². The molecule has 2 rings (SSSR count). The van der Waals surface area contributed by atoms with E-state index < -0.39 is 16.0 Å². The van der Waals surface area contributed by atoms with Gasteiger partial charge in [0, 0.05) is 18.7 Å². The molecule has 0 heterocycles. The van der Waals surface area contributed by atoms with Crippen molar-refractivity contribution < 1.29 is 22.7 Å². The Morgan fingerprint density at radius 1 is 0.889 bits per heavy atom. The van der Waals surface area contributed by atoms with Gasteiger partial charge in [-0.25, -0.2) is 13.2 Å². The van der Waals surface area contributed by atoms with Gasteiger partial charge in [-0.3, -0.25) is 4.79 Å². The van der Waals surface area contributed by atoms with Crippen molar-refractivity contribution in [2.75, 3.05) is 19.7 Å². The number of carbonyl (C=O) groups is 2. The molecular formula is C20H23NO5S. The molecule has 0 fully saturated rings. The van der Waals surface area contributed by atoms with Crippen LogP contribution in [0.2, 0.25) is 0 Å². The van der Waals surface area contributed by atoms with E-state index in [1.54, 1.807) is 26.0 Å². The fraction of sp³-hybridized carbons (Fsp3) is 0.300. The summed E-state index contributed by atoms with van der Waals surface area (Å²) in [6.07, 6.45) is 0. The molecule has 0 unspecified atom stereocenters. The summed E-state index contributed by atoms with van der Waals surface area (Å²) in [6.45, 7) is 5.79. The molecule has 0 spiro atoms. The Bertz CT molecular complexity index is 898. The summed E-state index contributed by atoms with van der Waals surface area (Å²) >= 11 is 0. The van der Waals surface area contributed by atoms with Gasteiger partial charge in [0.15, 0.2) is 12.4 Å². The first-order valence-corrected chi connectivity index (χ1v) is 10.1. The van der Waals surface area contributed by atoms with Crippen LogP contribution < -0.4 is 0 Å². The van der Waals surface area contributed by atoms with Crippen LogP contribution in [0.3, 0.4) is 0 Å². The fourth-order valence-electron chi connectivity index (χ4n) is 2.51. The van der Waals surface area contributed by atoms with Crippen LogP contribution in [0.4, 0.5) is 0 Å². The van der Waals surface area contributed by atoms with Crippen LogP contribution in [0.5, 0.6) is 0 Å². The van der Waals surface area contributed by atoms with Crippen LogP contribution in [-0.2, 0) is 14.8 Å². The van der Waals surface area contributed by atoms with Gasteiger partial charge in [0.05, 0.1) is 10.5 Å². The molecule has 2 aromatic rings. The molecule has 0 amide bonds. The van der Waals surface area contributed by atoms with Crippen LogP contribution in [0, 0.1) is 6.92 Å². The Morgan fingerprint density at radius 3 is 1.93 bits per heavy atom. The van der Waals surface area contributed by atoms with Crippen molar-refractivity contribution in [2.24, 2.45) is 0 Å². The summed E-state index contributed by atoms with van der Waals surface area (Å²) in [5.41, 5.74) is 1.68.